The van der Waals surface area contributed by atoms with E-state index in [0.29, 0.717) is 21.1 Å². The Hall–Kier alpha value is -0.100. The van der Waals surface area contributed by atoms with Gasteiger partial charge in [-0.25, -0.2) is 4.98 Å². The van der Waals surface area contributed by atoms with Gasteiger partial charge in [0.1, 0.15) is 5.15 Å². The number of aromatic nitrogens is 1. The zero-order valence-corrected chi connectivity index (χ0v) is 14.6. The molecule has 0 aliphatic carbocycles. The molecule has 7 heteroatoms. The number of nitrogens with one attached hydrogen (secondary N) is 1. The summed E-state index contributed by atoms with van der Waals surface area (Å²) in [5, 5.41) is 4.81. The van der Waals surface area contributed by atoms with E-state index in [9.17, 15) is 0 Å². The molecule has 0 spiro atoms. The van der Waals surface area contributed by atoms with Gasteiger partial charge in [-0.15, -0.1) is 0 Å². The molecule has 0 saturated carbocycles. The number of piperazine rings is 1. The summed E-state index contributed by atoms with van der Waals surface area (Å²) in [5.41, 5.74) is 0.928. The lowest BCUT2D eigenvalue weighted by molar-refractivity contribution is 0.0213. The first-order valence-electron chi connectivity index (χ1n) is 7.70. The van der Waals surface area contributed by atoms with Gasteiger partial charge in [-0.05, 0) is 18.8 Å². The van der Waals surface area contributed by atoms with Crippen LogP contribution in [-0.4, -0.2) is 49.3 Å². The Labute approximate surface area is 146 Å². The van der Waals surface area contributed by atoms with Crippen LogP contribution in [0.25, 0.3) is 0 Å². The number of nitrogens with zero attached hydrogens (tertiary/aromatic N) is 2. The Morgan fingerprint density at radius 1 is 1.18 bits per heavy atom. The molecule has 2 aliphatic heterocycles. The van der Waals surface area contributed by atoms with Crippen molar-refractivity contribution in [1.29, 1.82) is 0 Å². The van der Waals surface area contributed by atoms with Crippen molar-refractivity contribution < 1.29 is 4.74 Å². The summed E-state index contributed by atoms with van der Waals surface area (Å²) in [4.78, 5) is 6.53. The van der Waals surface area contributed by atoms with E-state index in [0.717, 1.165) is 57.8 Å². The fraction of sp³-hybridized carbons (Fsp3) is 0.667. The summed E-state index contributed by atoms with van der Waals surface area (Å²) in [6, 6.07) is 0.173. The van der Waals surface area contributed by atoms with Gasteiger partial charge < -0.3 is 10.1 Å². The first-order chi connectivity index (χ1) is 10.7. The second-order valence-electron chi connectivity index (χ2n) is 5.81. The van der Waals surface area contributed by atoms with Crippen LogP contribution in [0, 0.1) is 5.92 Å². The van der Waals surface area contributed by atoms with E-state index < -0.39 is 0 Å². The minimum Gasteiger partial charge on any atom is -0.381 e. The minimum absolute atomic E-state index is 0.173. The van der Waals surface area contributed by atoms with Crippen molar-refractivity contribution in [2.75, 3.05) is 39.4 Å². The van der Waals surface area contributed by atoms with Crippen molar-refractivity contribution in [2.45, 2.75) is 18.9 Å². The van der Waals surface area contributed by atoms with Crippen molar-refractivity contribution in [2.24, 2.45) is 5.92 Å². The molecule has 1 N–H and O–H groups in total. The summed E-state index contributed by atoms with van der Waals surface area (Å²) in [7, 11) is 0. The number of halogens is 3. The average Bonchev–Trinajstić information content (AvgIpc) is 2.57. The summed E-state index contributed by atoms with van der Waals surface area (Å²) in [6.45, 7) is 5.51. The summed E-state index contributed by atoms with van der Waals surface area (Å²) < 4.78 is 5.52. The Morgan fingerprint density at radius 2 is 1.86 bits per heavy atom. The first kappa shape index (κ1) is 16.7. The summed E-state index contributed by atoms with van der Waals surface area (Å²) >= 11 is 19.1. The molecule has 4 nitrogen and oxygen atoms in total. The minimum atomic E-state index is 0.173. The number of pyridine rings is 1. The highest BCUT2D eigenvalue weighted by Crippen LogP contribution is 2.43. The maximum absolute atomic E-state index is 6.48. The van der Waals surface area contributed by atoms with Gasteiger partial charge in [-0.2, -0.15) is 0 Å². The van der Waals surface area contributed by atoms with Gasteiger partial charge in [-0.3, -0.25) is 4.90 Å². The van der Waals surface area contributed by atoms with E-state index in [2.05, 4.69) is 15.2 Å². The number of hydrogen-bond donors (Lipinski definition) is 1. The lowest BCUT2D eigenvalue weighted by Crippen LogP contribution is -2.47. The highest BCUT2D eigenvalue weighted by atomic mass is 35.5. The molecule has 0 aromatic carbocycles. The third kappa shape index (κ3) is 3.53. The molecule has 2 aliphatic rings. The van der Waals surface area contributed by atoms with Gasteiger partial charge in [0.05, 0.1) is 10.0 Å². The van der Waals surface area contributed by atoms with Crippen molar-refractivity contribution >= 4 is 34.8 Å². The van der Waals surface area contributed by atoms with Gasteiger partial charge >= 0.3 is 0 Å². The molecule has 1 atom stereocenters. The third-order valence-corrected chi connectivity index (χ3v) is 5.59. The summed E-state index contributed by atoms with van der Waals surface area (Å²) in [5.74, 6) is 0.473. The topological polar surface area (TPSA) is 37.4 Å². The molecular formula is C15H20Cl3N3O. The van der Waals surface area contributed by atoms with E-state index in [1.165, 1.54) is 0 Å². The Balaban J connectivity index is 1.98. The van der Waals surface area contributed by atoms with Gasteiger partial charge in [0.2, 0.25) is 0 Å². The molecule has 122 valence electrons. The predicted molar refractivity (Wildman–Crippen MR) is 90.0 cm³/mol. The molecule has 0 unspecified atom stereocenters. The van der Waals surface area contributed by atoms with Crippen molar-refractivity contribution in [3.8, 4) is 0 Å². The normalized spacial score (nSPS) is 22.7. The fourth-order valence-corrected chi connectivity index (χ4v) is 4.15. The van der Waals surface area contributed by atoms with Crippen molar-refractivity contribution in [3.63, 3.8) is 0 Å². The van der Waals surface area contributed by atoms with Gasteiger partial charge in [0.25, 0.3) is 0 Å². The van der Waals surface area contributed by atoms with Crippen LogP contribution >= 0.6 is 34.8 Å². The number of hydrogen-bond acceptors (Lipinski definition) is 4. The maximum Gasteiger partial charge on any atom is 0.148 e. The van der Waals surface area contributed by atoms with Crippen LogP contribution < -0.4 is 5.32 Å². The molecule has 0 amide bonds. The monoisotopic (exact) mass is 363 g/mol. The van der Waals surface area contributed by atoms with E-state index in [1.807, 2.05) is 0 Å². The fourth-order valence-electron chi connectivity index (χ4n) is 3.43. The Bertz CT molecular complexity index is 499. The van der Waals surface area contributed by atoms with Gasteiger partial charge in [0, 0.05) is 57.2 Å². The molecule has 2 saturated heterocycles. The Kier molecular flexibility index (Phi) is 5.82. The molecular weight excluding hydrogens is 345 g/mol. The number of ether oxygens (including phenoxy) is 1. The van der Waals surface area contributed by atoms with Crippen LogP contribution in [-0.2, 0) is 4.74 Å². The molecule has 2 fully saturated rings. The molecule has 3 rings (SSSR count). The zero-order valence-electron chi connectivity index (χ0n) is 12.3. The van der Waals surface area contributed by atoms with Crippen LogP contribution in [0.3, 0.4) is 0 Å². The standard InChI is InChI=1S/C15H20Cl3N3O/c16-11-9-20-15(18)13(17)12(11)14(10-1-7-22-8-2-10)21-5-3-19-4-6-21/h9-10,14,19H,1-8H2/t14-/m0/s1. The smallest absolute Gasteiger partial charge is 0.148 e. The lowest BCUT2D eigenvalue weighted by Gasteiger charge is -2.41. The van der Waals surface area contributed by atoms with E-state index in [1.54, 1.807) is 6.20 Å². The van der Waals surface area contributed by atoms with Crippen LogP contribution in [0.5, 0.6) is 0 Å². The highest BCUT2D eigenvalue weighted by molar-refractivity contribution is 6.43. The van der Waals surface area contributed by atoms with E-state index in [4.69, 9.17) is 39.5 Å². The van der Waals surface area contributed by atoms with Crippen LogP contribution in [0.1, 0.15) is 24.4 Å². The molecule has 0 radical (unpaired) electrons. The quantitative estimate of drug-likeness (QED) is 0.834. The van der Waals surface area contributed by atoms with Gasteiger partial charge in [-0.1, -0.05) is 34.8 Å². The van der Waals surface area contributed by atoms with Crippen LogP contribution in [0.4, 0.5) is 0 Å². The second kappa shape index (κ2) is 7.65. The molecule has 3 heterocycles. The van der Waals surface area contributed by atoms with E-state index >= 15 is 0 Å². The maximum atomic E-state index is 6.48. The van der Waals surface area contributed by atoms with Gasteiger partial charge in [0.15, 0.2) is 0 Å². The second-order valence-corrected chi connectivity index (χ2v) is 6.95. The van der Waals surface area contributed by atoms with E-state index in [-0.39, 0.29) is 6.04 Å². The van der Waals surface area contributed by atoms with Crippen LogP contribution in [0.2, 0.25) is 15.2 Å². The zero-order chi connectivity index (χ0) is 15.5. The predicted octanol–water partition coefficient (Wildman–Crippen LogP) is 3.41. The molecule has 22 heavy (non-hydrogen) atoms. The van der Waals surface area contributed by atoms with Crippen molar-refractivity contribution in [1.82, 2.24) is 15.2 Å². The largest absolute Gasteiger partial charge is 0.381 e. The molecule has 1 aromatic heterocycles. The molecule has 1 aromatic rings. The third-order valence-electron chi connectivity index (χ3n) is 4.52. The Morgan fingerprint density at radius 3 is 2.55 bits per heavy atom. The SMILES string of the molecule is Clc1cnc(Cl)c(Cl)c1[C@H](C1CCOCC1)N1CCNCC1. The average molecular weight is 365 g/mol. The highest BCUT2D eigenvalue weighted by Gasteiger charge is 2.34. The number of rotatable bonds is 3. The molecule has 0 bridgehead atoms. The first-order valence-corrected chi connectivity index (χ1v) is 8.83. The summed E-state index contributed by atoms with van der Waals surface area (Å²) in [6.07, 6.45) is 3.64. The van der Waals surface area contributed by atoms with Crippen LogP contribution in [0.15, 0.2) is 6.20 Å². The lowest BCUT2D eigenvalue weighted by atomic mass is 9.86. The van der Waals surface area contributed by atoms with Crippen molar-refractivity contribution in [3.05, 3.63) is 27.0 Å².